The molecule has 0 bridgehead atoms. The Labute approximate surface area is 80.6 Å². The van der Waals surface area contributed by atoms with Gasteiger partial charge in [-0.05, 0) is 12.8 Å². The van der Waals surface area contributed by atoms with Crippen molar-refractivity contribution in [3.8, 4) is 0 Å². The van der Waals surface area contributed by atoms with Crippen molar-refractivity contribution in [2.24, 2.45) is 16.6 Å². The minimum absolute atomic E-state index is 0.508. The van der Waals surface area contributed by atoms with E-state index in [1.807, 2.05) is 6.92 Å². The molecule has 0 aromatic rings. The van der Waals surface area contributed by atoms with Gasteiger partial charge < -0.3 is 15.8 Å². The number of ether oxygens (including phenoxy) is 1. The minimum atomic E-state index is 0.508. The summed E-state index contributed by atoms with van der Waals surface area (Å²) in [7, 11) is 0. The second-order valence-electron chi connectivity index (χ2n) is 3.24. The lowest BCUT2D eigenvalue weighted by molar-refractivity contribution is 0.152. The molecule has 0 atom stereocenters. The van der Waals surface area contributed by atoms with Gasteiger partial charge in [0.15, 0.2) is 5.96 Å². The molecule has 0 saturated carbocycles. The Bertz CT molecular complexity index is 146. The van der Waals surface area contributed by atoms with Gasteiger partial charge >= 0.3 is 0 Å². The summed E-state index contributed by atoms with van der Waals surface area (Å²) in [5.41, 5.74) is 5.59. The van der Waals surface area contributed by atoms with Crippen molar-refractivity contribution in [1.82, 2.24) is 5.32 Å². The van der Waals surface area contributed by atoms with Crippen molar-refractivity contribution >= 4 is 5.96 Å². The van der Waals surface area contributed by atoms with Crippen LogP contribution in [0.3, 0.4) is 0 Å². The predicted octanol–water partition coefficient (Wildman–Crippen LogP) is 0.583. The number of rotatable bonds is 6. The molecule has 13 heavy (non-hydrogen) atoms. The Balaban J connectivity index is 3.38. The number of aliphatic imine (C=N–C) groups is 1. The van der Waals surface area contributed by atoms with Crippen LogP contribution in [0.4, 0.5) is 0 Å². The number of hydrogen-bond acceptors (Lipinski definition) is 2. The fourth-order valence-corrected chi connectivity index (χ4v) is 0.732. The van der Waals surface area contributed by atoms with Gasteiger partial charge in [-0.3, -0.25) is 4.99 Å². The summed E-state index contributed by atoms with van der Waals surface area (Å²) < 4.78 is 5.14. The van der Waals surface area contributed by atoms with Gasteiger partial charge in [-0.1, -0.05) is 13.8 Å². The molecule has 0 fully saturated rings. The Morgan fingerprint density at radius 2 is 2.23 bits per heavy atom. The van der Waals surface area contributed by atoms with Crippen LogP contribution in [-0.2, 0) is 4.74 Å². The van der Waals surface area contributed by atoms with Crippen LogP contribution < -0.4 is 11.1 Å². The third-order valence-corrected chi connectivity index (χ3v) is 1.38. The topological polar surface area (TPSA) is 59.6 Å². The van der Waals surface area contributed by atoms with Crippen LogP contribution in [0.2, 0.25) is 0 Å². The fourth-order valence-electron chi connectivity index (χ4n) is 0.732. The van der Waals surface area contributed by atoms with Gasteiger partial charge in [0.2, 0.25) is 0 Å². The van der Waals surface area contributed by atoms with Crippen LogP contribution in [0.1, 0.15) is 20.8 Å². The Morgan fingerprint density at radius 1 is 1.54 bits per heavy atom. The number of guanidine groups is 1. The van der Waals surface area contributed by atoms with Crippen LogP contribution in [0, 0.1) is 5.92 Å². The first-order valence-electron chi connectivity index (χ1n) is 4.78. The second kappa shape index (κ2) is 7.86. The van der Waals surface area contributed by atoms with Crippen molar-refractivity contribution < 1.29 is 4.74 Å². The molecule has 0 unspecified atom stereocenters. The highest BCUT2D eigenvalue weighted by molar-refractivity contribution is 5.77. The minimum Gasteiger partial charge on any atom is -0.380 e. The molecule has 0 radical (unpaired) electrons. The smallest absolute Gasteiger partial charge is 0.188 e. The van der Waals surface area contributed by atoms with Gasteiger partial charge in [-0.15, -0.1) is 0 Å². The first-order valence-corrected chi connectivity index (χ1v) is 4.78. The average Bonchev–Trinajstić information content (AvgIpc) is 2.09. The average molecular weight is 187 g/mol. The largest absolute Gasteiger partial charge is 0.380 e. The van der Waals surface area contributed by atoms with Gasteiger partial charge in [0.1, 0.15) is 0 Å². The van der Waals surface area contributed by atoms with Crippen molar-refractivity contribution in [1.29, 1.82) is 0 Å². The summed E-state index contributed by atoms with van der Waals surface area (Å²) in [5.74, 6) is 1.06. The van der Waals surface area contributed by atoms with E-state index >= 15 is 0 Å². The van der Waals surface area contributed by atoms with E-state index in [0.717, 1.165) is 19.7 Å². The second-order valence-corrected chi connectivity index (χ2v) is 3.24. The Hall–Kier alpha value is -0.770. The molecule has 78 valence electrons. The van der Waals surface area contributed by atoms with Gasteiger partial charge in [-0.25, -0.2) is 0 Å². The zero-order chi connectivity index (χ0) is 10.1. The van der Waals surface area contributed by atoms with E-state index < -0.39 is 0 Å². The summed E-state index contributed by atoms with van der Waals surface area (Å²) in [6.45, 7) is 9.10. The number of nitrogens with one attached hydrogen (secondary N) is 1. The van der Waals surface area contributed by atoms with Gasteiger partial charge in [-0.2, -0.15) is 0 Å². The van der Waals surface area contributed by atoms with Gasteiger partial charge in [0, 0.05) is 19.7 Å². The summed E-state index contributed by atoms with van der Waals surface area (Å²) >= 11 is 0. The lowest BCUT2D eigenvalue weighted by Crippen LogP contribution is -2.34. The van der Waals surface area contributed by atoms with Crippen molar-refractivity contribution in [3.05, 3.63) is 0 Å². The third-order valence-electron chi connectivity index (χ3n) is 1.38. The number of nitrogens with two attached hydrogens (primary N) is 1. The molecule has 4 heteroatoms. The summed E-state index contributed by atoms with van der Waals surface area (Å²) in [4.78, 5) is 4.15. The molecule has 0 saturated heterocycles. The molecule has 0 aromatic carbocycles. The van der Waals surface area contributed by atoms with E-state index in [2.05, 4.69) is 24.2 Å². The fraction of sp³-hybridized carbons (Fsp3) is 0.889. The third kappa shape index (κ3) is 9.14. The highest BCUT2D eigenvalue weighted by Crippen LogP contribution is 1.90. The highest BCUT2D eigenvalue weighted by atomic mass is 16.5. The maximum atomic E-state index is 5.59. The standard InChI is InChI=1S/C9H21N3O/c1-4-13-6-5-11-9(10)12-7-8(2)3/h8H,4-7H2,1-3H3,(H3,10,11,12). The molecule has 0 aliphatic rings. The zero-order valence-corrected chi connectivity index (χ0v) is 8.84. The van der Waals surface area contributed by atoms with Crippen LogP contribution >= 0.6 is 0 Å². The van der Waals surface area contributed by atoms with E-state index in [1.54, 1.807) is 0 Å². The number of nitrogens with zero attached hydrogens (tertiary/aromatic N) is 1. The predicted molar refractivity (Wildman–Crippen MR) is 55.8 cm³/mol. The van der Waals surface area contributed by atoms with Crippen LogP contribution in [-0.4, -0.2) is 32.3 Å². The van der Waals surface area contributed by atoms with E-state index in [1.165, 1.54) is 0 Å². The van der Waals surface area contributed by atoms with E-state index in [4.69, 9.17) is 10.5 Å². The van der Waals surface area contributed by atoms with Crippen LogP contribution in [0.5, 0.6) is 0 Å². The molecular weight excluding hydrogens is 166 g/mol. The van der Waals surface area contributed by atoms with Crippen LogP contribution in [0.25, 0.3) is 0 Å². The van der Waals surface area contributed by atoms with Crippen molar-refractivity contribution in [2.75, 3.05) is 26.3 Å². The SMILES string of the molecule is CCOCCNC(N)=NCC(C)C. The van der Waals surface area contributed by atoms with Crippen LogP contribution in [0.15, 0.2) is 4.99 Å². The molecule has 4 nitrogen and oxygen atoms in total. The molecule has 3 N–H and O–H groups in total. The molecule has 0 aliphatic carbocycles. The molecule has 0 heterocycles. The van der Waals surface area contributed by atoms with Gasteiger partial charge in [0.25, 0.3) is 0 Å². The van der Waals surface area contributed by atoms with E-state index in [0.29, 0.717) is 18.5 Å². The maximum absolute atomic E-state index is 5.59. The summed E-state index contributed by atoms with van der Waals surface area (Å²) in [6.07, 6.45) is 0. The summed E-state index contributed by atoms with van der Waals surface area (Å²) in [5, 5.41) is 2.98. The first kappa shape index (κ1) is 12.2. The van der Waals surface area contributed by atoms with E-state index in [9.17, 15) is 0 Å². The normalized spacial score (nSPS) is 12.2. The molecule has 0 amide bonds. The lowest BCUT2D eigenvalue weighted by Gasteiger charge is -2.06. The van der Waals surface area contributed by atoms with Gasteiger partial charge in [0.05, 0.1) is 6.61 Å². The quantitative estimate of drug-likeness (QED) is 0.363. The molecule has 0 aliphatic heterocycles. The highest BCUT2D eigenvalue weighted by Gasteiger charge is 1.93. The molecule has 0 rings (SSSR count). The van der Waals surface area contributed by atoms with Crippen molar-refractivity contribution in [3.63, 3.8) is 0 Å². The maximum Gasteiger partial charge on any atom is 0.188 e. The summed E-state index contributed by atoms with van der Waals surface area (Å²) in [6, 6.07) is 0. The van der Waals surface area contributed by atoms with E-state index in [-0.39, 0.29) is 0 Å². The Kier molecular flexibility index (Phi) is 7.39. The molecule has 0 spiro atoms. The number of hydrogen-bond donors (Lipinski definition) is 2. The molecule has 0 aromatic heterocycles. The zero-order valence-electron chi connectivity index (χ0n) is 8.84. The van der Waals surface area contributed by atoms with Crippen molar-refractivity contribution in [2.45, 2.75) is 20.8 Å². The first-order chi connectivity index (χ1) is 6.16. The molecular formula is C9H21N3O. The monoisotopic (exact) mass is 187 g/mol. The lowest BCUT2D eigenvalue weighted by atomic mass is 10.2. The Morgan fingerprint density at radius 3 is 2.77 bits per heavy atom.